The van der Waals surface area contributed by atoms with E-state index in [1.54, 1.807) is 0 Å². The number of hydrogen-bond acceptors (Lipinski definition) is 7. The highest BCUT2D eigenvalue weighted by Gasteiger charge is 2.35. The lowest BCUT2D eigenvalue weighted by Crippen LogP contribution is -2.24. The predicted molar refractivity (Wildman–Crippen MR) is 68.7 cm³/mol. The Morgan fingerprint density at radius 3 is 3.11 bits per heavy atom. The number of nitrogens with zero attached hydrogens (tertiary/aromatic N) is 3. The third-order valence-electron chi connectivity index (χ3n) is 3.19. The van der Waals surface area contributed by atoms with Crippen LogP contribution in [0, 0.1) is 4.64 Å². The highest BCUT2D eigenvalue weighted by Crippen LogP contribution is 2.31. The molecule has 2 aromatic rings. The summed E-state index contributed by atoms with van der Waals surface area (Å²) in [6, 6.07) is 0. The van der Waals surface area contributed by atoms with Crippen LogP contribution in [0.25, 0.3) is 11.2 Å². The number of ether oxygens (including phenoxy) is 1. The highest BCUT2D eigenvalue weighted by atomic mass is 32.1. The van der Waals surface area contributed by atoms with Crippen molar-refractivity contribution in [3.8, 4) is 0 Å². The van der Waals surface area contributed by atoms with Crippen molar-refractivity contribution in [2.75, 3.05) is 12.3 Å². The molecule has 8 nitrogen and oxygen atoms in total. The van der Waals surface area contributed by atoms with E-state index in [1.165, 1.54) is 10.9 Å². The van der Waals surface area contributed by atoms with Gasteiger partial charge in [0.15, 0.2) is 5.65 Å². The maximum absolute atomic E-state index is 9.76. The van der Waals surface area contributed by atoms with Crippen LogP contribution >= 0.6 is 12.2 Å². The number of nitrogens with one attached hydrogen (secondary N) is 1. The lowest BCUT2D eigenvalue weighted by Gasteiger charge is -2.17. The van der Waals surface area contributed by atoms with Gasteiger partial charge in [0.05, 0.1) is 19.0 Å². The molecule has 3 atom stereocenters. The maximum atomic E-state index is 9.76. The molecule has 1 saturated heterocycles. The van der Waals surface area contributed by atoms with Gasteiger partial charge in [0.25, 0.3) is 0 Å². The smallest absolute Gasteiger partial charge is 0.205 e. The first kappa shape index (κ1) is 12.5. The summed E-state index contributed by atoms with van der Waals surface area (Å²) in [4.78, 5) is 11.0. The zero-order valence-electron chi connectivity index (χ0n) is 9.85. The van der Waals surface area contributed by atoms with Crippen molar-refractivity contribution < 1.29 is 14.9 Å². The summed E-state index contributed by atoms with van der Waals surface area (Å²) in [6.07, 6.45) is -0.152. The lowest BCUT2D eigenvalue weighted by atomic mass is 10.2. The van der Waals surface area contributed by atoms with Gasteiger partial charge in [-0.3, -0.25) is 4.57 Å². The van der Waals surface area contributed by atoms with E-state index in [0.29, 0.717) is 22.2 Å². The number of aromatic amines is 1. The highest BCUT2D eigenvalue weighted by molar-refractivity contribution is 7.71. The molecule has 1 unspecified atom stereocenters. The van der Waals surface area contributed by atoms with Gasteiger partial charge in [-0.25, -0.2) is 4.98 Å². The van der Waals surface area contributed by atoms with E-state index in [2.05, 4.69) is 15.0 Å². The van der Waals surface area contributed by atoms with Crippen molar-refractivity contribution in [3.05, 3.63) is 11.0 Å². The number of imidazole rings is 1. The third kappa shape index (κ3) is 1.91. The lowest BCUT2D eigenvalue weighted by molar-refractivity contribution is -0.0442. The van der Waals surface area contributed by atoms with Gasteiger partial charge >= 0.3 is 0 Å². The van der Waals surface area contributed by atoms with Gasteiger partial charge in [-0.2, -0.15) is 4.98 Å². The molecule has 1 fully saturated rings. The number of aliphatic hydroxyl groups is 2. The van der Waals surface area contributed by atoms with E-state index < -0.39 is 18.4 Å². The second-order valence-electron chi connectivity index (χ2n) is 4.36. The van der Waals surface area contributed by atoms with Crippen molar-refractivity contribution in [1.82, 2.24) is 19.5 Å². The molecule has 0 radical (unpaired) electrons. The number of aliphatic hydroxyl groups excluding tert-OH is 2. The van der Waals surface area contributed by atoms with Crippen LogP contribution in [0.3, 0.4) is 0 Å². The molecule has 1 aliphatic rings. The van der Waals surface area contributed by atoms with E-state index in [4.69, 9.17) is 27.8 Å². The van der Waals surface area contributed by atoms with E-state index >= 15 is 0 Å². The molecular formula is C10H13N5O3S. The van der Waals surface area contributed by atoms with Crippen molar-refractivity contribution in [3.63, 3.8) is 0 Å². The molecule has 0 spiro atoms. The molecule has 19 heavy (non-hydrogen) atoms. The van der Waals surface area contributed by atoms with Crippen molar-refractivity contribution in [1.29, 1.82) is 0 Å². The average Bonchev–Trinajstić information content (AvgIpc) is 2.95. The van der Waals surface area contributed by atoms with Gasteiger partial charge in [-0.15, -0.1) is 0 Å². The number of hydrogen-bond donors (Lipinski definition) is 4. The SMILES string of the molecule is Nc1nc2nc[nH]c2c(=S)n1C1C[C@H](O)[C@@H](CO)O1. The largest absolute Gasteiger partial charge is 0.394 e. The van der Waals surface area contributed by atoms with Gasteiger partial charge in [-0.05, 0) is 0 Å². The van der Waals surface area contributed by atoms with Crippen LogP contribution in [0.15, 0.2) is 6.33 Å². The van der Waals surface area contributed by atoms with Crippen LogP contribution in [0.1, 0.15) is 12.6 Å². The molecular weight excluding hydrogens is 270 g/mol. The molecule has 0 amide bonds. The normalized spacial score (nSPS) is 27.2. The Kier molecular flexibility index (Phi) is 2.97. The molecule has 0 bridgehead atoms. The number of nitrogen functional groups attached to an aromatic ring is 1. The van der Waals surface area contributed by atoms with E-state index in [0.717, 1.165) is 0 Å². The van der Waals surface area contributed by atoms with E-state index in [-0.39, 0.29) is 12.6 Å². The van der Waals surface area contributed by atoms with Gasteiger partial charge in [0.1, 0.15) is 22.5 Å². The van der Waals surface area contributed by atoms with Crippen molar-refractivity contribution in [2.24, 2.45) is 0 Å². The Morgan fingerprint density at radius 1 is 1.63 bits per heavy atom. The number of nitrogens with two attached hydrogens (primary N) is 1. The number of H-pyrrole nitrogens is 1. The summed E-state index contributed by atoms with van der Waals surface area (Å²) >= 11 is 5.33. The Morgan fingerprint density at radius 2 is 2.42 bits per heavy atom. The molecule has 102 valence electrons. The summed E-state index contributed by atoms with van der Waals surface area (Å²) in [5.41, 5.74) is 6.90. The van der Waals surface area contributed by atoms with Gasteiger partial charge in [0, 0.05) is 6.42 Å². The summed E-state index contributed by atoms with van der Waals surface area (Å²) in [6.45, 7) is -0.259. The van der Waals surface area contributed by atoms with E-state index in [9.17, 15) is 5.11 Å². The average molecular weight is 283 g/mol. The second kappa shape index (κ2) is 4.53. The molecule has 1 aliphatic heterocycles. The second-order valence-corrected chi connectivity index (χ2v) is 4.75. The molecule has 3 heterocycles. The van der Waals surface area contributed by atoms with Crippen LogP contribution in [0.5, 0.6) is 0 Å². The Balaban J connectivity index is 2.08. The number of anilines is 1. The van der Waals surface area contributed by atoms with Gasteiger partial charge < -0.3 is 25.7 Å². The minimum absolute atomic E-state index is 0.167. The summed E-state index contributed by atoms with van der Waals surface area (Å²) in [5, 5.41) is 18.9. The Bertz CT molecular complexity index is 669. The Hall–Kier alpha value is -1.55. The number of fused-ring (bicyclic) bond motifs is 1. The summed E-state index contributed by atoms with van der Waals surface area (Å²) in [5.74, 6) is 0.167. The molecule has 5 N–H and O–H groups in total. The van der Waals surface area contributed by atoms with Crippen LogP contribution in [0.2, 0.25) is 0 Å². The molecule has 0 aliphatic carbocycles. The predicted octanol–water partition coefficient (Wildman–Crippen LogP) is -0.288. The quantitative estimate of drug-likeness (QED) is 0.559. The summed E-state index contributed by atoms with van der Waals surface area (Å²) < 4.78 is 7.47. The van der Waals surface area contributed by atoms with Crippen LogP contribution in [0.4, 0.5) is 5.95 Å². The molecule has 3 rings (SSSR count). The van der Waals surface area contributed by atoms with Crippen molar-refractivity contribution in [2.45, 2.75) is 24.9 Å². The van der Waals surface area contributed by atoms with Crippen molar-refractivity contribution >= 4 is 29.3 Å². The zero-order chi connectivity index (χ0) is 13.6. The van der Waals surface area contributed by atoms with Gasteiger partial charge in [-0.1, -0.05) is 12.2 Å². The molecule has 0 saturated carbocycles. The fourth-order valence-corrected chi connectivity index (χ4v) is 2.59. The first-order chi connectivity index (χ1) is 9.11. The monoisotopic (exact) mass is 283 g/mol. The topological polar surface area (TPSA) is 122 Å². The first-order valence-corrected chi connectivity index (χ1v) is 6.18. The van der Waals surface area contributed by atoms with Crippen LogP contribution in [-0.4, -0.2) is 48.5 Å². The number of rotatable bonds is 2. The van der Waals surface area contributed by atoms with Gasteiger partial charge in [0.2, 0.25) is 5.95 Å². The third-order valence-corrected chi connectivity index (χ3v) is 3.59. The minimum Gasteiger partial charge on any atom is -0.394 e. The molecule has 0 aromatic carbocycles. The molecule has 2 aromatic heterocycles. The fraction of sp³-hybridized carbons (Fsp3) is 0.500. The fourth-order valence-electron chi connectivity index (χ4n) is 2.23. The minimum atomic E-state index is -0.756. The van der Waals surface area contributed by atoms with Crippen LogP contribution in [-0.2, 0) is 4.74 Å². The maximum Gasteiger partial charge on any atom is 0.205 e. The Labute approximate surface area is 112 Å². The first-order valence-electron chi connectivity index (χ1n) is 5.77. The standard InChI is InChI=1S/C10H13N5O3S/c11-10-14-8-7(12-3-13-8)9(19)15(10)6-1-4(17)5(2-16)18-6/h3-6,16-17H,1-2H2,(H2,11,14)(H,12,13)/t4-,5+,6?/m0/s1. The van der Waals surface area contributed by atoms with E-state index in [1.807, 2.05) is 0 Å². The molecule has 9 heteroatoms. The zero-order valence-corrected chi connectivity index (χ0v) is 10.7. The van der Waals surface area contributed by atoms with Crippen LogP contribution < -0.4 is 5.73 Å². The number of aromatic nitrogens is 4. The summed E-state index contributed by atoms with van der Waals surface area (Å²) in [7, 11) is 0.